The van der Waals surface area contributed by atoms with Crippen molar-refractivity contribution in [2.45, 2.75) is 52.6 Å². The fourth-order valence-electron chi connectivity index (χ4n) is 2.42. The summed E-state index contributed by atoms with van der Waals surface area (Å²) in [5.74, 6) is 0.644. The summed E-state index contributed by atoms with van der Waals surface area (Å²) >= 11 is 0. The summed E-state index contributed by atoms with van der Waals surface area (Å²) in [5, 5.41) is 14.4. The second-order valence-corrected chi connectivity index (χ2v) is 5.51. The molecule has 1 N–H and O–H groups in total. The average molecular weight is 264 g/mol. The van der Waals surface area contributed by atoms with Crippen molar-refractivity contribution in [3.8, 4) is 0 Å². The van der Waals surface area contributed by atoms with Gasteiger partial charge < -0.3 is 5.32 Å². The molecule has 0 saturated carbocycles. The summed E-state index contributed by atoms with van der Waals surface area (Å²) in [6, 6.07) is 7.50. The summed E-state index contributed by atoms with van der Waals surface area (Å²) < 4.78 is 0. The molecule has 0 spiro atoms. The fraction of sp³-hybridized carbons (Fsp3) is 0.600. The van der Waals surface area contributed by atoms with Gasteiger partial charge in [-0.3, -0.25) is 10.1 Å². The van der Waals surface area contributed by atoms with Gasteiger partial charge in [0.05, 0.1) is 4.92 Å². The largest absolute Gasteiger partial charge is 0.307 e. The smallest absolute Gasteiger partial charge is 0.269 e. The van der Waals surface area contributed by atoms with Gasteiger partial charge >= 0.3 is 0 Å². The van der Waals surface area contributed by atoms with Crippen LogP contribution in [-0.2, 0) is 0 Å². The minimum absolute atomic E-state index is 0.161. The third-order valence-corrected chi connectivity index (χ3v) is 3.20. The molecule has 2 unspecified atom stereocenters. The highest BCUT2D eigenvalue weighted by molar-refractivity contribution is 5.35. The molecule has 0 aromatic heterocycles. The lowest BCUT2D eigenvalue weighted by Crippen LogP contribution is -2.31. The Morgan fingerprint density at radius 3 is 2.53 bits per heavy atom. The molecule has 2 atom stereocenters. The first kappa shape index (κ1) is 15.6. The van der Waals surface area contributed by atoms with Gasteiger partial charge in [-0.15, -0.1) is 0 Å². The first-order valence-corrected chi connectivity index (χ1v) is 6.94. The summed E-state index contributed by atoms with van der Waals surface area (Å²) in [7, 11) is 0. The van der Waals surface area contributed by atoms with Crippen LogP contribution < -0.4 is 5.32 Å². The highest BCUT2D eigenvalue weighted by Gasteiger charge is 2.15. The molecule has 0 aliphatic carbocycles. The van der Waals surface area contributed by atoms with Crippen LogP contribution in [0.2, 0.25) is 0 Å². The normalized spacial score (nSPS) is 14.4. The maximum absolute atomic E-state index is 10.8. The monoisotopic (exact) mass is 264 g/mol. The van der Waals surface area contributed by atoms with Gasteiger partial charge in [-0.05, 0) is 31.2 Å². The number of benzene rings is 1. The van der Waals surface area contributed by atoms with E-state index in [4.69, 9.17) is 0 Å². The molecule has 0 amide bonds. The Balaban J connectivity index is 2.79. The van der Waals surface area contributed by atoms with E-state index in [-0.39, 0.29) is 16.7 Å². The molecule has 1 rings (SSSR count). The van der Waals surface area contributed by atoms with Crippen LogP contribution >= 0.6 is 0 Å². The molecule has 19 heavy (non-hydrogen) atoms. The van der Waals surface area contributed by atoms with Crippen LogP contribution in [0.25, 0.3) is 0 Å². The van der Waals surface area contributed by atoms with Crippen LogP contribution in [0, 0.1) is 16.0 Å². The van der Waals surface area contributed by atoms with Gasteiger partial charge in [-0.2, -0.15) is 0 Å². The zero-order valence-electron chi connectivity index (χ0n) is 12.2. The number of nitro groups is 1. The van der Waals surface area contributed by atoms with E-state index < -0.39 is 0 Å². The predicted octanol–water partition coefficient (Wildman–Crippen LogP) is 4.07. The number of hydrogen-bond acceptors (Lipinski definition) is 3. The maximum Gasteiger partial charge on any atom is 0.269 e. The van der Waals surface area contributed by atoms with Crippen LogP contribution in [0.1, 0.15) is 52.1 Å². The Kier molecular flexibility index (Phi) is 5.96. The van der Waals surface area contributed by atoms with E-state index in [9.17, 15) is 10.1 Å². The molecule has 1 aromatic rings. The van der Waals surface area contributed by atoms with Crippen LogP contribution in [0.4, 0.5) is 5.69 Å². The summed E-state index contributed by atoms with van der Waals surface area (Å²) in [5.41, 5.74) is 1.15. The first-order valence-electron chi connectivity index (χ1n) is 6.94. The van der Waals surface area contributed by atoms with E-state index in [1.165, 1.54) is 6.07 Å². The van der Waals surface area contributed by atoms with Crippen molar-refractivity contribution in [3.63, 3.8) is 0 Å². The van der Waals surface area contributed by atoms with E-state index in [1.54, 1.807) is 12.1 Å². The van der Waals surface area contributed by atoms with Gasteiger partial charge in [-0.1, -0.05) is 32.9 Å². The molecule has 0 bridgehead atoms. The van der Waals surface area contributed by atoms with Crippen LogP contribution in [0.5, 0.6) is 0 Å². The zero-order valence-corrected chi connectivity index (χ0v) is 12.2. The Morgan fingerprint density at radius 1 is 1.32 bits per heavy atom. The van der Waals surface area contributed by atoms with E-state index in [1.807, 2.05) is 6.07 Å². The van der Waals surface area contributed by atoms with Gasteiger partial charge in [-0.25, -0.2) is 0 Å². The Hall–Kier alpha value is -1.42. The third-order valence-electron chi connectivity index (χ3n) is 3.20. The van der Waals surface area contributed by atoms with Gasteiger partial charge in [0.2, 0.25) is 0 Å². The predicted molar refractivity (Wildman–Crippen MR) is 78.2 cm³/mol. The number of nitro benzene ring substituents is 1. The highest BCUT2D eigenvalue weighted by Crippen LogP contribution is 2.22. The number of nitrogens with zero attached hydrogens (tertiary/aromatic N) is 1. The quantitative estimate of drug-likeness (QED) is 0.596. The molecule has 1 aromatic carbocycles. The summed E-state index contributed by atoms with van der Waals surface area (Å²) in [6.45, 7) is 8.66. The average Bonchev–Trinajstić information content (AvgIpc) is 2.35. The number of non-ortho nitro benzene ring substituents is 1. The van der Waals surface area contributed by atoms with Crippen molar-refractivity contribution in [1.29, 1.82) is 0 Å². The molecule has 0 aliphatic heterocycles. The Bertz CT molecular complexity index is 418. The molecule has 106 valence electrons. The molecule has 0 saturated heterocycles. The molecule has 4 nitrogen and oxygen atoms in total. The van der Waals surface area contributed by atoms with Crippen LogP contribution in [-0.4, -0.2) is 11.0 Å². The molecule has 0 radical (unpaired) electrons. The van der Waals surface area contributed by atoms with E-state index in [0.717, 1.165) is 18.4 Å². The van der Waals surface area contributed by atoms with E-state index in [0.29, 0.717) is 12.0 Å². The first-order chi connectivity index (χ1) is 8.93. The maximum atomic E-state index is 10.8. The second-order valence-electron chi connectivity index (χ2n) is 5.51. The lowest BCUT2D eigenvalue weighted by molar-refractivity contribution is -0.384. The van der Waals surface area contributed by atoms with Crippen molar-refractivity contribution in [3.05, 3.63) is 39.9 Å². The summed E-state index contributed by atoms with van der Waals surface area (Å²) in [4.78, 5) is 10.5. The van der Waals surface area contributed by atoms with E-state index >= 15 is 0 Å². The number of nitrogens with one attached hydrogen (secondary N) is 1. The summed E-state index contributed by atoms with van der Waals surface area (Å²) in [6.07, 6.45) is 2.02. The molecular formula is C15H24N2O2. The van der Waals surface area contributed by atoms with Crippen molar-refractivity contribution in [2.75, 3.05) is 0 Å². The van der Waals surface area contributed by atoms with E-state index in [2.05, 4.69) is 33.0 Å². The SMILES string of the molecule is CCC(NC(C)CC(C)C)c1cccc([N+](=O)[O-])c1. The minimum atomic E-state index is -0.340. The van der Waals surface area contributed by atoms with Crippen molar-refractivity contribution >= 4 is 5.69 Å². The molecule has 0 aliphatic rings. The standard InChI is InChI=1S/C15H24N2O2/c1-5-15(16-12(4)9-11(2)3)13-7-6-8-14(10-13)17(18)19/h6-8,10-12,15-16H,5,9H2,1-4H3. The molecule has 4 heteroatoms. The third kappa shape index (κ3) is 4.99. The van der Waals surface area contributed by atoms with Crippen LogP contribution in [0.15, 0.2) is 24.3 Å². The van der Waals surface area contributed by atoms with Gasteiger partial charge in [0, 0.05) is 24.2 Å². The fourth-order valence-corrected chi connectivity index (χ4v) is 2.42. The second kappa shape index (κ2) is 7.24. The lowest BCUT2D eigenvalue weighted by Gasteiger charge is -2.23. The number of hydrogen-bond donors (Lipinski definition) is 1. The van der Waals surface area contributed by atoms with Gasteiger partial charge in [0.15, 0.2) is 0 Å². The Labute approximate surface area is 115 Å². The topological polar surface area (TPSA) is 55.2 Å². The Morgan fingerprint density at radius 2 is 2.00 bits per heavy atom. The van der Waals surface area contributed by atoms with Crippen molar-refractivity contribution in [2.24, 2.45) is 5.92 Å². The molecule has 0 heterocycles. The van der Waals surface area contributed by atoms with Crippen molar-refractivity contribution < 1.29 is 4.92 Å². The highest BCUT2D eigenvalue weighted by atomic mass is 16.6. The van der Waals surface area contributed by atoms with Gasteiger partial charge in [0.25, 0.3) is 5.69 Å². The number of rotatable bonds is 7. The lowest BCUT2D eigenvalue weighted by atomic mass is 10.00. The zero-order chi connectivity index (χ0) is 14.4. The van der Waals surface area contributed by atoms with Gasteiger partial charge in [0.1, 0.15) is 0 Å². The van der Waals surface area contributed by atoms with Crippen LogP contribution in [0.3, 0.4) is 0 Å². The molecular weight excluding hydrogens is 240 g/mol. The minimum Gasteiger partial charge on any atom is -0.307 e. The molecule has 0 fully saturated rings. The van der Waals surface area contributed by atoms with Crippen molar-refractivity contribution in [1.82, 2.24) is 5.32 Å².